The number of rotatable bonds is 4. The minimum atomic E-state index is -0.955. The number of piperidine rings is 1. The molecule has 1 amide bonds. The second-order valence-electron chi connectivity index (χ2n) is 7.05. The maximum absolute atomic E-state index is 12.9. The number of hydrogen-bond acceptors (Lipinski definition) is 4. The Bertz CT molecular complexity index is 720. The predicted molar refractivity (Wildman–Crippen MR) is 89.7 cm³/mol. The van der Waals surface area contributed by atoms with Crippen LogP contribution in [-0.2, 0) is 13.5 Å². The minimum Gasteiger partial charge on any atom is -0.388 e. The Labute approximate surface area is 141 Å². The van der Waals surface area contributed by atoms with Crippen molar-refractivity contribution in [2.24, 2.45) is 7.05 Å². The molecule has 0 saturated carbocycles. The summed E-state index contributed by atoms with van der Waals surface area (Å²) < 4.78 is 1.81. The lowest BCUT2D eigenvalue weighted by molar-refractivity contribution is -0.0258. The zero-order valence-corrected chi connectivity index (χ0v) is 14.5. The first-order valence-corrected chi connectivity index (χ1v) is 8.41. The summed E-state index contributed by atoms with van der Waals surface area (Å²) in [5.74, 6) is 0.966. The molecule has 2 aromatic heterocycles. The highest BCUT2D eigenvalue weighted by molar-refractivity contribution is 5.95. The third-order valence-electron chi connectivity index (χ3n) is 4.72. The van der Waals surface area contributed by atoms with E-state index >= 15 is 0 Å². The number of aromatic amines is 1. The van der Waals surface area contributed by atoms with Gasteiger partial charge in [0.25, 0.3) is 5.91 Å². The summed E-state index contributed by atoms with van der Waals surface area (Å²) in [6, 6.07) is 1.83. The van der Waals surface area contributed by atoms with E-state index in [2.05, 4.69) is 29.0 Å². The van der Waals surface area contributed by atoms with Crippen molar-refractivity contribution in [3.63, 3.8) is 0 Å². The van der Waals surface area contributed by atoms with E-state index in [0.29, 0.717) is 31.5 Å². The third-order valence-corrected chi connectivity index (χ3v) is 4.72. The van der Waals surface area contributed by atoms with Crippen LogP contribution in [0.1, 0.15) is 54.5 Å². The molecule has 1 atom stereocenters. The van der Waals surface area contributed by atoms with Crippen LogP contribution in [0.25, 0.3) is 0 Å². The van der Waals surface area contributed by atoms with Crippen LogP contribution in [0.15, 0.2) is 18.6 Å². The average molecular weight is 331 g/mol. The number of aliphatic hydroxyl groups is 1. The van der Waals surface area contributed by atoms with E-state index < -0.39 is 5.60 Å². The smallest absolute Gasteiger partial charge is 0.255 e. The van der Waals surface area contributed by atoms with Crippen molar-refractivity contribution in [2.75, 3.05) is 13.1 Å². The molecule has 1 saturated heterocycles. The monoisotopic (exact) mass is 331 g/mol. The normalized spacial score (nSPS) is 21.5. The molecule has 1 aliphatic heterocycles. The van der Waals surface area contributed by atoms with E-state index in [9.17, 15) is 9.90 Å². The highest BCUT2D eigenvalue weighted by Crippen LogP contribution is 2.27. The van der Waals surface area contributed by atoms with Gasteiger partial charge in [-0.1, -0.05) is 13.8 Å². The average Bonchev–Trinajstić information content (AvgIpc) is 3.16. The van der Waals surface area contributed by atoms with Crippen molar-refractivity contribution in [2.45, 2.75) is 44.6 Å². The summed E-state index contributed by atoms with van der Waals surface area (Å²) in [6.45, 7) is 5.11. The molecule has 1 aliphatic rings. The second kappa shape index (κ2) is 6.39. The van der Waals surface area contributed by atoms with Gasteiger partial charge in [-0.15, -0.1) is 10.2 Å². The number of amides is 1. The minimum absolute atomic E-state index is 0.0176. The van der Waals surface area contributed by atoms with Crippen molar-refractivity contribution < 1.29 is 9.90 Å². The molecule has 2 N–H and O–H groups in total. The van der Waals surface area contributed by atoms with Crippen molar-refractivity contribution in [3.05, 3.63) is 35.7 Å². The fourth-order valence-corrected chi connectivity index (χ4v) is 3.41. The number of likely N-dealkylation sites (tertiary alicyclic amines) is 1. The number of H-pyrrole nitrogens is 1. The van der Waals surface area contributed by atoms with Crippen LogP contribution in [0, 0.1) is 0 Å². The van der Waals surface area contributed by atoms with Gasteiger partial charge in [-0.25, -0.2) is 0 Å². The fourth-order valence-electron chi connectivity index (χ4n) is 3.41. The van der Waals surface area contributed by atoms with Gasteiger partial charge in [-0.2, -0.15) is 0 Å². The summed E-state index contributed by atoms with van der Waals surface area (Å²) in [5, 5.41) is 18.9. The van der Waals surface area contributed by atoms with Gasteiger partial charge >= 0.3 is 0 Å². The molecule has 0 aromatic carbocycles. The first kappa shape index (κ1) is 16.7. The quantitative estimate of drug-likeness (QED) is 0.888. The van der Waals surface area contributed by atoms with Crippen molar-refractivity contribution >= 4 is 5.91 Å². The lowest BCUT2D eigenvalue weighted by Crippen LogP contribution is -2.51. The Kier molecular flexibility index (Phi) is 4.45. The van der Waals surface area contributed by atoms with Crippen molar-refractivity contribution in [1.82, 2.24) is 24.6 Å². The molecule has 0 radical (unpaired) electrons. The second-order valence-corrected chi connectivity index (χ2v) is 7.05. The molecular weight excluding hydrogens is 306 g/mol. The summed E-state index contributed by atoms with van der Waals surface area (Å²) in [6.07, 6.45) is 5.27. The summed E-state index contributed by atoms with van der Waals surface area (Å²) in [5.41, 5.74) is 0.693. The molecule has 7 nitrogen and oxygen atoms in total. The molecule has 0 aliphatic carbocycles. The number of aryl methyl sites for hydroxylation is 1. The van der Waals surface area contributed by atoms with Crippen LogP contribution in [0.5, 0.6) is 0 Å². The van der Waals surface area contributed by atoms with Gasteiger partial charge in [-0.3, -0.25) is 4.79 Å². The van der Waals surface area contributed by atoms with Gasteiger partial charge in [0.05, 0.1) is 17.7 Å². The molecule has 0 bridgehead atoms. The third kappa shape index (κ3) is 3.21. The maximum Gasteiger partial charge on any atom is 0.255 e. The van der Waals surface area contributed by atoms with E-state index in [1.54, 1.807) is 17.4 Å². The van der Waals surface area contributed by atoms with Crippen LogP contribution in [0.3, 0.4) is 0 Å². The van der Waals surface area contributed by atoms with Gasteiger partial charge < -0.3 is 19.6 Å². The van der Waals surface area contributed by atoms with Crippen LogP contribution >= 0.6 is 0 Å². The highest BCUT2D eigenvalue weighted by atomic mass is 16.3. The largest absolute Gasteiger partial charge is 0.388 e. The SMILES string of the molecule is CC(C)c1[nH]ccc1C(=O)N1CCCC(O)(Cc2nncn2C)C1. The number of carbonyl (C=O) groups excluding carboxylic acids is 1. The molecule has 3 heterocycles. The highest BCUT2D eigenvalue weighted by Gasteiger charge is 2.37. The van der Waals surface area contributed by atoms with E-state index in [-0.39, 0.29) is 11.8 Å². The number of β-amino-alcohol motifs (C(OH)–C–C–N with tert-alkyl or cyclic N) is 1. The Hall–Kier alpha value is -2.15. The number of hydrogen-bond donors (Lipinski definition) is 2. The number of nitrogens with one attached hydrogen (secondary N) is 1. The molecule has 0 spiro atoms. The van der Waals surface area contributed by atoms with Crippen LogP contribution < -0.4 is 0 Å². The van der Waals surface area contributed by atoms with Gasteiger partial charge in [0.2, 0.25) is 0 Å². The molecule has 7 heteroatoms. The lowest BCUT2D eigenvalue weighted by atomic mass is 9.88. The van der Waals surface area contributed by atoms with Crippen LogP contribution in [0.4, 0.5) is 0 Å². The molecule has 24 heavy (non-hydrogen) atoms. The Morgan fingerprint density at radius 3 is 2.96 bits per heavy atom. The fraction of sp³-hybridized carbons (Fsp3) is 0.588. The van der Waals surface area contributed by atoms with E-state index in [4.69, 9.17) is 0 Å². The Morgan fingerprint density at radius 2 is 2.29 bits per heavy atom. The topological polar surface area (TPSA) is 87.0 Å². The van der Waals surface area contributed by atoms with E-state index in [0.717, 1.165) is 17.9 Å². The van der Waals surface area contributed by atoms with Crippen molar-refractivity contribution in [3.8, 4) is 0 Å². The molecule has 2 aromatic rings. The number of carbonyl (C=O) groups is 1. The van der Waals surface area contributed by atoms with Gasteiger partial charge in [0.1, 0.15) is 12.2 Å². The van der Waals surface area contributed by atoms with E-state index in [1.165, 1.54) is 0 Å². The number of aromatic nitrogens is 4. The first-order chi connectivity index (χ1) is 11.4. The van der Waals surface area contributed by atoms with Gasteiger partial charge in [-0.05, 0) is 24.8 Å². The molecule has 1 fully saturated rings. The van der Waals surface area contributed by atoms with Gasteiger partial charge in [0.15, 0.2) is 0 Å². The van der Waals surface area contributed by atoms with Crippen LogP contribution in [0.2, 0.25) is 0 Å². The lowest BCUT2D eigenvalue weighted by Gasteiger charge is -2.39. The van der Waals surface area contributed by atoms with E-state index in [1.807, 2.05) is 17.7 Å². The molecule has 130 valence electrons. The molecular formula is C17H25N5O2. The zero-order chi connectivity index (χ0) is 17.3. The van der Waals surface area contributed by atoms with Crippen molar-refractivity contribution in [1.29, 1.82) is 0 Å². The summed E-state index contributed by atoms with van der Waals surface area (Å²) >= 11 is 0. The predicted octanol–water partition coefficient (Wildman–Crippen LogP) is 1.48. The first-order valence-electron chi connectivity index (χ1n) is 8.41. The molecule has 3 rings (SSSR count). The Morgan fingerprint density at radius 1 is 1.50 bits per heavy atom. The van der Waals surface area contributed by atoms with Gasteiger partial charge in [0, 0.05) is 31.9 Å². The maximum atomic E-state index is 12.9. The molecule has 1 unspecified atom stereocenters. The van der Waals surface area contributed by atoms with Crippen LogP contribution in [-0.4, -0.2) is 54.4 Å². The summed E-state index contributed by atoms with van der Waals surface area (Å²) in [7, 11) is 1.86. The number of nitrogens with zero attached hydrogens (tertiary/aromatic N) is 4. The standard InChI is InChI=1S/C17H25N5O2/c1-12(2)15-13(5-7-18-15)16(23)22-8-4-6-17(24,10-22)9-14-20-19-11-21(14)3/h5,7,11-12,18,24H,4,6,8-10H2,1-3H3. The summed E-state index contributed by atoms with van der Waals surface area (Å²) in [4.78, 5) is 17.8. The Balaban J connectivity index is 1.76. The zero-order valence-electron chi connectivity index (χ0n) is 14.5.